The van der Waals surface area contributed by atoms with Crippen LogP contribution in [0.5, 0.6) is 0 Å². The fourth-order valence-corrected chi connectivity index (χ4v) is 0.571. The van der Waals surface area contributed by atoms with E-state index in [9.17, 15) is 0 Å². The molecule has 3 N–H and O–H groups in total. The van der Waals surface area contributed by atoms with Crippen molar-refractivity contribution in [1.82, 2.24) is 5.32 Å². The van der Waals surface area contributed by atoms with Crippen LogP contribution in [-0.2, 0) is 0 Å². The monoisotopic (exact) mass is 128 g/mol. The lowest BCUT2D eigenvalue weighted by Gasteiger charge is -2.02. The predicted octanol–water partition coefficient (Wildman–Crippen LogP) is 0.848. The van der Waals surface area contributed by atoms with Gasteiger partial charge < -0.3 is 11.1 Å². The van der Waals surface area contributed by atoms with E-state index in [2.05, 4.69) is 11.9 Å². The summed E-state index contributed by atoms with van der Waals surface area (Å²) in [6, 6.07) is 0. The number of allylic oxidation sites excluding steroid dienone is 1. The number of nitrogens with two attached hydrogens (primary N) is 1. The minimum Gasteiger partial charge on any atom is -0.389 e. The van der Waals surface area contributed by atoms with Crippen molar-refractivity contribution in [3.8, 4) is 0 Å². The highest BCUT2D eigenvalue weighted by molar-refractivity contribution is 4.83. The second-order valence-corrected chi connectivity index (χ2v) is 2.20. The summed E-state index contributed by atoms with van der Waals surface area (Å²) in [5.74, 6) is 0. The van der Waals surface area contributed by atoms with E-state index >= 15 is 0 Å². The molecule has 0 heterocycles. The van der Waals surface area contributed by atoms with Crippen LogP contribution in [0.2, 0.25) is 0 Å². The Kier molecular flexibility index (Phi) is 5.32. The third-order valence-corrected chi connectivity index (χ3v) is 1.06. The third kappa shape index (κ3) is 7.50. The molecule has 0 fully saturated rings. The Morgan fingerprint density at radius 3 is 2.67 bits per heavy atom. The number of unbranched alkanes of at least 4 members (excludes halogenated alkanes) is 1. The molecule has 9 heavy (non-hydrogen) atoms. The van der Waals surface area contributed by atoms with Crippen LogP contribution in [0, 0.1) is 0 Å². The molecule has 0 rings (SSSR count). The van der Waals surface area contributed by atoms with Gasteiger partial charge in [-0.15, -0.1) is 0 Å². The number of hydrogen-bond acceptors (Lipinski definition) is 2. The zero-order valence-electron chi connectivity index (χ0n) is 6.11. The zero-order valence-corrected chi connectivity index (χ0v) is 6.11. The van der Waals surface area contributed by atoms with Crippen molar-refractivity contribution < 1.29 is 0 Å². The van der Waals surface area contributed by atoms with Crippen molar-refractivity contribution in [2.24, 2.45) is 5.73 Å². The Morgan fingerprint density at radius 1 is 1.56 bits per heavy atom. The number of hydrogen-bond donors (Lipinski definition) is 2. The summed E-state index contributed by atoms with van der Waals surface area (Å²) in [6.07, 6.45) is 2.24. The van der Waals surface area contributed by atoms with Gasteiger partial charge in [-0.05, 0) is 26.3 Å². The molecule has 0 saturated carbocycles. The van der Waals surface area contributed by atoms with Gasteiger partial charge in [-0.25, -0.2) is 0 Å². The SMILES string of the molecule is C=C(C)NCCCCN. The predicted molar refractivity (Wildman–Crippen MR) is 41.1 cm³/mol. The van der Waals surface area contributed by atoms with Crippen LogP contribution < -0.4 is 11.1 Å². The topological polar surface area (TPSA) is 38.0 Å². The van der Waals surface area contributed by atoms with Crippen LogP contribution in [0.4, 0.5) is 0 Å². The molecule has 0 aliphatic carbocycles. The van der Waals surface area contributed by atoms with E-state index in [1.165, 1.54) is 0 Å². The first-order valence-electron chi connectivity index (χ1n) is 3.37. The molecule has 0 saturated heterocycles. The molecule has 0 aliphatic rings. The first kappa shape index (κ1) is 8.50. The largest absolute Gasteiger partial charge is 0.389 e. The fourth-order valence-electron chi connectivity index (χ4n) is 0.571. The molecule has 0 radical (unpaired) electrons. The molecule has 0 aliphatic heterocycles. The van der Waals surface area contributed by atoms with Crippen LogP contribution in [-0.4, -0.2) is 13.1 Å². The maximum Gasteiger partial charge on any atom is 0.0144 e. The average molecular weight is 128 g/mol. The summed E-state index contributed by atoms with van der Waals surface area (Å²) in [7, 11) is 0. The Hall–Kier alpha value is -0.500. The third-order valence-electron chi connectivity index (χ3n) is 1.06. The summed E-state index contributed by atoms with van der Waals surface area (Å²) in [5, 5.41) is 3.13. The van der Waals surface area contributed by atoms with Crippen molar-refractivity contribution in [3.63, 3.8) is 0 Å². The number of nitrogens with one attached hydrogen (secondary N) is 1. The second-order valence-electron chi connectivity index (χ2n) is 2.20. The molecule has 0 unspecified atom stereocenters. The molecule has 0 aromatic carbocycles. The van der Waals surface area contributed by atoms with E-state index < -0.39 is 0 Å². The summed E-state index contributed by atoms with van der Waals surface area (Å²) >= 11 is 0. The maximum absolute atomic E-state index is 5.30. The molecule has 0 aromatic rings. The molecule has 0 bridgehead atoms. The van der Waals surface area contributed by atoms with E-state index in [0.29, 0.717) is 0 Å². The summed E-state index contributed by atoms with van der Waals surface area (Å²) in [4.78, 5) is 0. The van der Waals surface area contributed by atoms with Crippen molar-refractivity contribution in [2.45, 2.75) is 19.8 Å². The van der Waals surface area contributed by atoms with Crippen LogP contribution >= 0.6 is 0 Å². The minimum absolute atomic E-state index is 0.790. The molecule has 0 atom stereocenters. The highest BCUT2D eigenvalue weighted by Crippen LogP contribution is 1.84. The Bertz CT molecular complexity index is 79.0. The van der Waals surface area contributed by atoms with Crippen LogP contribution in [0.3, 0.4) is 0 Å². The van der Waals surface area contributed by atoms with Gasteiger partial charge in [-0.3, -0.25) is 0 Å². The highest BCUT2D eigenvalue weighted by atomic mass is 14.9. The smallest absolute Gasteiger partial charge is 0.0144 e. The highest BCUT2D eigenvalue weighted by Gasteiger charge is 1.83. The van der Waals surface area contributed by atoms with Crippen molar-refractivity contribution in [2.75, 3.05) is 13.1 Å². The van der Waals surface area contributed by atoms with Crippen molar-refractivity contribution >= 4 is 0 Å². The normalized spacial score (nSPS) is 9.11. The summed E-state index contributed by atoms with van der Waals surface area (Å²) in [6.45, 7) is 7.47. The molecule has 0 amide bonds. The van der Waals surface area contributed by atoms with Gasteiger partial charge in [0.1, 0.15) is 0 Å². The Morgan fingerprint density at radius 2 is 2.22 bits per heavy atom. The van der Waals surface area contributed by atoms with Gasteiger partial charge in [-0.1, -0.05) is 6.58 Å². The van der Waals surface area contributed by atoms with E-state index in [4.69, 9.17) is 5.73 Å². The lowest BCUT2D eigenvalue weighted by Crippen LogP contribution is -2.12. The quantitative estimate of drug-likeness (QED) is 0.539. The van der Waals surface area contributed by atoms with Gasteiger partial charge in [-0.2, -0.15) is 0 Å². The molecular weight excluding hydrogens is 112 g/mol. The van der Waals surface area contributed by atoms with Gasteiger partial charge in [0.15, 0.2) is 0 Å². The van der Waals surface area contributed by atoms with Crippen LogP contribution in [0.15, 0.2) is 12.3 Å². The van der Waals surface area contributed by atoms with E-state index in [-0.39, 0.29) is 0 Å². The van der Waals surface area contributed by atoms with Crippen LogP contribution in [0.1, 0.15) is 19.8 Å². The maximum atomic E-state index is 5.30. The summed E-state index contributed by atoms with van der Waals surface area (Å²) < 4.78 is 0. The van der Waals surface area contributed by atoms with Gasteiger partial charge >= 0.3 is 0 Å². The van der Waals surface area contributed by atoms with Crippen molar-refractivity contribution in [1.29, 1.82) is 0 Å². The lowest BCUT2D eigenvalue weighted by atomic mass is 10.3. The zero-order chi connectivity index (χ0) is 7.11. The van der Waals surface area contributed by atoms with Gasteiger partial charge in [0.2, 0.25) is 0 Å². The fraction of sp³-hybridized carbons (Fsp3) is 0.714. The van der Waals surface area contributed by atoms with Gasteiger partial charge in [0.05, 0.1) is 0 Å². The first-order valence-corrected chi connectivity index (χ1v) is 3.37. The van der Waals surface area contributed by atoms with Gasteiger partial charge in [0.25, 0.3) is 0 Å². The van der Waals surface area contributed by atoms with Crippen molar-refractivity contribution in [3.05, 3.63) is 12.3 Å². The lowest BCUT2D eigenvalue weighted by molar-refractivity contribution is 0.686. The van der Waals surface area contributed by atoms with E-state index in [1.807, 2.05) is 6.92 Å². The Balaban J connectivity index is 2.83. The van der Waals surface area contributed by atoms with Gasteiger partial charge in [0, 0.05) is 12.2 Å². The van der Waals surface area contributed by atoms with Crippen LogP contribution in [0.25, 0.3) is 0 Å². The standard InChI is InChI=1S/C7H16N2/c1-7(2)9-6-4-3-5-8/h9H,1,3-6,8H2,2H3. The molecule has 2 heteroatoms. The molecule has 0 spiro atoms. The Labute approximate surface area is 57.1 Å². The molecule has 54 valence electrons. The minimum atomic E-state index is 0.790. The van der Waals surface area contributed by atoms with E-state index in [1.54, 1.807) is 0 Å². The molecular formula is C7H16N2. The molecule has 2 nitrogen and oxygen atoms in total. The van der Waals surface area contributed by atoms with E-state index in [0.717, 1.165) is 31.6 Å². The number of rotatable bonds is 5. The summed E-state index contributed by atoms with van der Waals surface area (Å²) in [5.41, 5.74) is 6.33. The first-order chi connectivity index (χ1) is 4.27. The average Bonchev–Trinajstić information content (AvgIpc) is 1.80. The second kappa shape index (κ2) is 5.63. The molecule has 0 aromatic heterocycles.